The van der Waals surface area contributed by atoms with Crippen molar-refractivity contribution in [1.82, 2.24) is 0 Å². The van der Waals surface area contributed by atoms with Gasteiger partial charge in [-0.2, -0.15) is 0 Å². The first-order chi connectivity index (χ1) is 6.59. The van der Waals surface area contributed by atoms with Crippen LogP contribution in [0.5, 0.6) is 5.75 Å². The molecule has 1 heteroatoms. The highest BCUT2D eigenvalue weighted by atomic mass is 16.3. The number of hydrogen-bond acceptors (Lipinski definition) is 1. The maximum absolute atomic E-state index is 9.36. The smallest absolute Gasteiger partial charge is 0.115 e. The summed E-state index contributed by atoms with van der Waals surface area (Å²) in [6.07, 6.45) is 1.26. The molecule has 2 rings (SSSR count). The number of phenols is 1. The minimum absolute atomic E-state index is 0.401. The van der Waals surface area contributed by atoms with Crippen LogP contribution in [0.3, 0.4) is 0 Å². The summed E-state index contributed by atoms with van der Waals surface area (Å²) in [5.74, 6) is 2.49. The monoisotopic (exact) mass is 190 g/mol. The van der Waals surface area contributed by atoms with E-state index in [9.17, 15) is 5.11 Å². The predicted octanol–water partition coefficient (Wildman–Crippen LogP) is 3.64. The number of rotatable bonds is 2. The summed E-state index contributed by atoms with van der Waals surface area (Å²) in [4.78, 5) is 0. The van der Waals surface area contributed by atoms with E-state index in [1.165, 1.54) is 17.5 Å². The third kappa shape index (κ3) is 1.41. The second-order valence-corrected chi connectivity index (χ2v) is 4.84. The quantitative estimate of drug-likeness (QED) is 0.755. The molecule has 76 valence electrons. The van der Waals surface area contributed by atoms with Gasteiger partial charge >= 0.3 is 0 Å². The summed E-state index contributed by atoms with van der Waals surface area (Å²) < 4.78 is 0. The average Bonchev–Trinajstić information content (AvgIpc) is 2.14. The maximum Gasteiger partial charge on any atom is 0.115 e. The second-order valence-electron chi connectivity index (χ2n) is 4.84. The lowest BCUT2D eigenvalue weighted by Gasteiger charge is -2.38. The number of fused-ring (bicyclic) bond motifs is 1. The fraction of sp³-hybridized carbons (Fsp3) is 0.538. The molecule has 2 atom stereocenters. The third-order valence-corrected chi connectivity index (χ3v) is 3.29. The van der Waals surface area contributed by atoms with E-state index in [0.29, 0.717) is 17.6 Å². The molecule has 1 aliphatic carbocycles. The van der Waals surface area contributed by atoms with Crippen LogP contribution in [0.1, 0.15) is 50.2 Å². The fourth-order valence-corrected chi connectivity index (χ4v) is 2.52. The molecule has 1 aromatic rings. The van der Waals surface area contributed by atoms with Crippen LogP contribution in [0, 0.1) is 5.92 Å². The Balaban J connectivity index is 2.23. The summed E-state index contributed by atoms with van der Waals surface area (Å²) >= 11 is 0. The first-order valence-corrected chi connectivity index (χ1v) is 5.42. The van der Waals surface area contributed by atoms with Crippen molar-refractivity contribution in [3.63, 3.8) is 0 Å². The van der Waals surface area contributed by atoms with Gasteiger partial charge in [-0.1, -0.05) is 26.8 Å². The Hall–Kier alpha value is -0.980. The third-order valence-electron chi connectivity index (χ3n) is 3.29. The van der Waals surface area contributed by atoms with E-state index in [2.05, 4.69) is 26.8 Å². The molecule has 0 radical (unpaired) electrons. The Morgan fingerprint density at radius 2 is 2.00 bits per heavy atom. The molecule has 0 aromatic heterocycles. The zero-order valence-electron chi connectivity index (χ0n) is 9.12. The van der Waals surface area contributed by atoms with Crippen molar-refractivity contribution in [2.24, 2.45) is 5.92 Å². The van der Waals surface area contributed by atoms with Crippen molar-refractivity contribution >= 4 is 0 Å². The summed E-state index contributed by atoms with van der Waals surface area (Å²) in [7, 11) is 0. The van der Waals surface area contributed by atoms with Gasteiger partial charge in [-0.3, -0.25) is 0 Å². The molecule has 14 heavy (non-hydrogen) atoms. The lowest BCUT2D eigenvalue weighted by atomic mass is 9.66. The number of hydrogen-bond donors (Lipinski definition) is 1. The van der Waals surface area contributed by atoms with Crippen LogP contribution in [-0.4, -0.2) is 5.11 Å². The van der Waals surface area contributed by atoms with Gasteiger partial charge in [-0.15, -0.1) is 0 Å². The molecule has 0 saturated carbocycles. The molecule has 1 aromatic carbocycles. The van der Waals surface area contributed by atoms with Crippen LogP contribution >= 0.6 is 0 Å². The van der Waals surface area contributed by atoms with Gasteiger partial charge < -0.3 is 5.11 Å². The van der Waals surface area contributed by atoms with Gasteiger partial charge in [0.05, 0.1) is 0 Å². The van der Waals surface area contributed by atoms with Crippen molar-refractivity contribution in [2.45, 2.75) is 39.0 Å². The van der Waals surface area contributed by atoms with E-state index in [1.807, 2.05) is 6.07 Å². The minimum atomic E-state index is 0.401. The van der Waals surface area contributed by atoms with Gasteiger partial charge in [0.1, 0.15) is 5.75 Å². The molecule has 1 aliphatic rings. The van der Waals surface area contributed by atoms with Crippen LogP contribution in [-0.2, 0) is 0 Å². The van der Waals surface area contributed by atoms with E-state index >= 15 is 0 Å². The van der Waals surface area contributed by atoms with Crippen molar-refractivity contribution in [2.75, 3.05) is 0 Å². The molecule has 0 saturated heterocycles. The van der Waals surface area contributed by atoms with Gasteiger partial charge in [0, 0.05) is 0 Å². The summed E-state index contributed by atoms with van der Waals surface area (Å²) in [6.45, 7) is 6.80. The van der Waals surface area contributed by atoms with Crippen LogP contribution in [0.2, 0.25) is 0 Å². The van der Waals surface area contributed by atoms with Crippen molar-refractivity contribution < 1.29 is 5.11 Å². The number of benzene rings is 1. The zero-order valence-corrected chi connectivity index (χ0v) is 9.12. The normalized spacial score (nSPS) is 24.6. The Morgan fingerprint density at radius 1 is 1.29 bits per heavy atom. The highest BCUT2D eigenvalue weighted by Gasteiger charge is 2.34. The van der Waals surface area contributed by atoms with Crippen LogP contribution < -0.4 is 0 Å². The van der Waals surface area contributed by atoms with Crippen molar-refractivity contribution in [3.05, 3.63) is 29.3 Å². The van der Waals surface area contributed by atoms with Gasteiger partial charge in [0.25, 0.3) is 0 Å². The average molecular weight is 190 g/mol. The van der Waals surface area contributed by atoms with Gasteiger partial charge in [-0.05, 0) is 47.4 Å². The van der Waals surface area contributed by atoms with E-state index < -0.39 is 0 Å². The Bertz CT molecular complexity index is 341. The zero-order chi connectivity index (χ0) is 10.3. The molecule has 0 aliphatic heterocycles. The molecular formula is C13H18O. The standard InChI is InChI=1S/C13H18O/c1-8(2)6-12-9(3)13-7-10(14)4-5-11(12)13/h4-5,7-9,12,14H,6H2,1-3H3. The maximum atomic E-state index is 9.36. The molecule has 2 unspecified atom stereocenters. The molecule has 0 fully saturated rings. The summed E-state index contributed by atoms with van der Waals surface area (Å²) in [6, 6.07) is 5.80. The fourth-order valence-electron chi connectivity index (χ4n) is 2.52. The van der Waals surface area contributed by atoms with Crippen LogP contribution in [0.25, 0.3) is 0 Å². The van der Waals surface area contributed by atoms with E-state index in [1.54, 1.807) is 6.07 Å². The van der Waals surface area contributed by atoms with Crippen LogP contribution in [0.15, 0.2) is 18.2 Å². The molecule has 1 N–H and O–H groups in total. The SMILES string of the molecule is CC(C)CC1c2ccc(O)cc2C1C. The van der Waals surface area contributed by atoms with Gasteiger partial charge in [0.15, 0.2) is 0 Å². The Labute approximate surface area is 85.8 Å². The van der Waals surface area contributed by atoms with Gasteiger partial charge in [0.2, 0.25) is 0 Å². The van der Waals surface area contributed by atoms with Gasteiger partial charge in [-0.25, -0.2) is 0 Å². The number of phenolic OH excluding ortho intramolecular Hbond substituents is 1. The summed E-state index contributed by atoms with van der Waals surface area (Å²) in [5, 5.41) is 9.36. The molecular weight excluding hydrogens is 172 g/mol. The Kier molecular flexibility index (Phi) is 2.26. The Morgan fingerprint density at radius 3 is 2.64 bits per heavy atom. The van der Waals surface area contributed by atoms with Crippen LogP contribution in [0.4, 0.5) is 0 Å². The lowest BCUT2D eigenvalue weighted by Crippen LogP contribution is -2.23. The highest BCUT2D eigenvalue weighted by molar-refractivity contribution is 5.48. The molecule has 0 spiro atoms. The molecule has 0 bridgehead atoms. The van der Waals surface area contributed by atoms with E-state index in [0.717, 1.165) is 5.92 Å². The summed E-state index contributed by atoms with van der Waals surface area (Å²) in [5.41, 5.74) is 2.79. The molecule has 0 amide bonds. The van der Waals surface area contributed by atoms with E-state index in [4.69, 9.17) is 0 Å². The predicted molar refractivity (Wildman–Crippen MR) is 58.7 cm³/mol. The first-order valence-electron chi connectivity index (χ1n) is 5.42. The molecule has 0 heterocycles. The highest BCUT2D eigenvalue weighted by Crippen LogP contribution is 2.50. The van der Waals surface area contributed by atoms with Crippen molar-refractivity contribution in [1.29, 1.82) is 0 Å². The topological polar surface area (TPSA) is 20.2 Å². The largest absolute Gasteiger partial charge is 0.508 e. The minimum Gasteiger partial charge on any atom is -0.508 e. The second kappa shape index (κ2) is 3.30. The lowest BCUT2D eigenvalue weighted by molar-refractivity contribution is 0.402. The van der Waals surface area contributed by atoms with E-state index in [-0.39, 0.29) is 0 Å². The van der Waals surface area contributed by atoms with Crippen molar-refractivity contribution in [3.8, 4) is 5.75 Å². The number of aromatic hydroxyl groups is 1. The molecule has 1 nitrogen and oxygen atoms in total. The first kappa shape index (κ1) is 9.57.